The van der Waals surface area contributed by atoms with Gasteiger partial charge < -0.3 is 4.52 Å². The Morgan fingerprint density at radius 1 is 1.31 bits per heavy atom. The number of nitrogens with zero attached hydrogens (tertiary/aromatic N) is 4. The average Bonchev–Trinajstić information content (AvgIpc) is 2.53. The van der Waals surface area contributed by atoms with E-state index in [4.69, 9.17) is 4.52 Å². The van der Waals surface area contributed by atoms with Gasteiger partial charge in [-0.3, -0.25) is 0 Å². The van der Waals surface area contributed by atoms with Crippen molar-refractivity contribution in [1.82, 2.24) is 20.1 Å². The second-order valence-electron chi connectivity index (χ2n) is 2.69. The van der Waals surface area contributed by atoms with E-state index in [1.54, 1.807) is 13.1 Å². The molecule has 5 heteroatoms. The molecule has 0 aromatic carbocycles. The predicted molar refractivity (Wildman–Crippen MR) is 44.8 cm³/mol. The second-order valence-corrected chi connectivity index (χ2v) is 2.69. The largest absolute Gasteiger partial charge is 0.339 e. The standard InChI is InChI=1S/C8H8N4O/c1-5-3-9-4-10-7(5)8-11-6(2)13-12-8/h3-4H,1-2H3. The highest BCUT2D eigenvalue weighted by atomic mass is 16.5. The number of hydrogen-bond acceptors (Lipinski definition) is 5. The summed E-state index contributed by atoms with van der Waals surface area (Å²) in [4.78, 5) is 12.0. The van der Waals surface area contributed by atoms with Crippen LogP contribution in [0.25, 0.3) is 11.5 Å². The lowest BCUT2D eigenvalue weighted by Crippen LogP contribution is -1.90. The van der Waals surface area contributed by atoms with E-state index in [1.807, 2.05) is 6.92 Å². The zero-order valence-corrected chi connectivity index (χ0v) is 7.35. The lowest BCUT2D eigenvalue weighted by atomic mass is 10.2. The van der Waals surface area contributed by atoms with Gasteiger partial charge in [-0.05, 0) is 12.5 Å². The average molecular weight is 176 g/mol. The van der Waals surface area contributed by atoms with Crippen molar-refractivity contribution in [2.24, 2.45) is 0 Å². The molecule has 0 saturated heterocycles. The number of rotatable bonds is 1. The molecule has 0 aliphatic heterocycles. The molecule has 0 unspecified atom stereocenters. The molecule has 0 bridgehead atoms. The van der Waals surface area contributed by atoms with Gasteiger partial charge in [-0.15, -0.1) is 0 Å². The lowest BCUT2D eigenvalue weighted by Gasteiger charge is -1.95. The van der Waals surface area contributed by atoms with Crippen LogP contribution >= 0.6 is 0 Å². The molecule has 2 aromatic rings. The first-order valence-electron chi connectivity index (χ1n) is 3.84. The monoisotopic (exact) mass is 176 g/mol. The number of aryl methyl sites for hydroxylation is 2. The summed E-state index contributed by atoms with van der Waals surface area (Å²) in [7, 11) is 0. The van der Waals surface area contributed by atoms with Crippen molar-refractivity contribution in [2.75, 3.05) is 0 Å². The third-order valence-electron chi connectivity index (χ3n) is 1.63. The maximum absolute atomic E-state index is 4.85. The smallest absolute Gasteiger partial charge is 0.223 e. The van der Waals surface area contributed by atoms with Gasteiger partial charge in [-0.2, -0.15) is 4.98 Å². The Labute approximate surface area is 74.8 Å². The zero-order chi connectivity index (χ0) is 9.26. The zero-order valence-electron chi connectivity index (χ0n) is 7.35. The maximum Gasteiger partial charge on any atom is 0.223 e. The summed E-state index contributed by atoms with van der Waals surface area (Å²) in [6.07, 6.45) is 3.18. The third kappa shape index (κ3) is 1.40. The molecule has 13 heavy (non-hydrogen) atoms. The minimum atomic E-state index is 0.511. The van der Waals surface area contributed by atoms with Crippen LogP contribution in [0.1, 0.15) is 11.5 Å². The first-order chi connectivity index (χ1) is 6.27. The summed E-state index contributed by atoms with van der Waals surface area (Å²) in [6, 6.07) is 0. The highest BCUT2D eigenvalue weighted by Gasteiger charge is 2.09. The van der Waals surface area contributed by atoms with Crippen LogP contribution in [-0.2, 0) is 0 Å². The van der Waals surface area contributed by atoms with E-state index in [9.17, 15) is 0 Å². The minimum absolute atomic E-state index is 0.511. The van der Waals surface area contributed by atoms with E-state index in [1.165, 1.54) is 6.33 Å². The fourth-order valence-electron chi connectivity index (χ4n) is 1.03. The van der Waals surface area contributed by atoms with Crippen LogP contribution in [0.2, 0.25) is 0 Å². The summed E-state index contributed by atoms with van der Waals surface area (Å²) in [5, 5.41) is 3.77. The van der Waals surface area contributed by atoms with Crippen LogP contribution in [-0.4, -0.2) is 20.1 Å². The van der Waals surface area contributed by atoms with Gasteiger partial charge in [0.2, 0.25) is 11.7 Å². The van der Waals surface area contributed by atoms with Gasteiger partial charge in [0.25, 0.3) is 0 Å². The molecular formula is C8H8N4O. The molecule has 5 nitrogen and oxygen atoms in total. The Bertz CT molecular complexity index is 424. The van der Waals surface area contributed by atoms with E-state index < -0.39 is 0 Å². The molecule has 2 aromatic heterocycles. The summed E-state index contributed by atoms with van der Waals surface area (Å²) in [5.74, 6) is 1.05. The van der Waals surface area contributed by atoms with Crippen LogP contribution in [0.15, 0.2) is 17.0 Å². The Morgan fingerprint density at radius 2 is 2.15 bits per heavy atom. The van der Waals surface area contributed by atoms with Crippen LogP contribution < -0.4 is 0 Å². The maximum atomic E-state index is 4.85. The first kappa shape index (κ1) is 7.85. The molecule has 0 N–H and O–H groups in total. The topological polar surface area (TPSA) is 64.7 Å². The third-order valence-corrected chi connectivity index (χ3v) is 1.63. The Balaban J connectivity index is 2.52. The van der Waals surface area contributed by atoms with Gasteiger partial charge in [0.15, 0.2) is 0 Å². The first-order valence-corrected chi connectivity index (χ1v) is 3.84. The molecule has 0 aliphatic rings. The van der Waals surface area contributed by atoms with Gasteiger partial charge in [0.1, 0.15) is 12.0 Å². The fourth-order valence-corrected chi connectivity index (χ4v) is 1.03. The van der Waals surface area contributed by atoms with Crippen molar-refractivity contribution in [3.63, 3.8) is 0 Å². The number of aromatic nitrogens is 4. The quantitative estimate of drug-likeness (QED) is 0.651. The van der Waals surface area contributed by atoms with Crippen LogP contribution in [0.5, 0.6) is 0 Å². The molecule has 0 radical (unpaired) electrons. The van der Waals surface area contributed by atoms with Crippen molar-refractivity contribution in [2.45, 2.75) is 13.8 Å². The molecule has 0 fully saturated rings. The summed E-state index contributed by atoms with van der Waals surface area (Å²) in [5.41, 5.74) is 1.65. The summed E-state index contributed by atoms with van der Waals surface area (Å²) < 4.78 is 4.85. The van der Waals surface area contributed by atoms with E-state index in [-0.39, 0.29) is 0 Å². The molecular weight excluding hydrogens is 168 g/mol. The van der Waals surface area contributed by atoms with Crippen LogP contribution in [0.3, 0.4) is 0 Å². The van der Waals surface area contributed by atoms with Crippen LogP contribution in [0.4, 0.5) is 0 Å². The van der Waals surface area contributed by atoms with E-state index in [0.29, 0.717) is 17.4 Å². The molecule has 0 aliphatic carbocycles. The van der Waals surface area contributed by atoms with Gasteiger partial charge in [0.05, 0.1) is 0 Å². The molecule has 0 amide bonds. The molecule has 0 spiro atoms. The highest BCUT2D eigenvalue weighted by molar-refractivity contribution is 5.52. The Morgan fingerprint density at radius 3 is 2.77 bits per heavy atom. The van der Waals surface area contributed by atoms with Gasteiger partial charge >= 0.3 is 0 Å². The minimum Gasteiger partial charge on any atom is -0.339 e. The van der Waals surface area contributed by atoms with Crippen molar-refractivity contribution in [3.05, 3.63) is 24.0 Å². The highest BCUT2D eigenvalue weighted by Crippen LogP contribution is 2.15. The number of hydrogen-bond donors (Lipinski definition) is 0. The fraction of sp³-hybridized carbons (Fsp3) is 0.250. The van der Waals surface area contributed by atoms with Crippen molar-refractivity contribution in [1.29, 1.82) is 0 Å². The van der Waals surface area contributed by atoms with Crippen molar-refractivity contribution < 1.29 is 4.52 Å². The van der Waals surface area contributed by atoms with E-state index in [0.717, 1.165) is 5.56 Å². The predicted octanol–water partition coefficient (Wildman–Crippen LogP) is 1.14. The molecule has 0 saturated carbocycles. The van der Waals surface area contributed by atoms with Gasteiger partial charge in [-0.1, -0.05) is 5.16 Å². The summed E-state index contributed by atoms with van der Waals surface area (Å²) in [6.45, 7) is 3.65. The van der Waals surface area contributed by atoms with E-state index in [2.05, 4.69) is 20.1 Å². The molecule has 2 heterocycles. The normalized spacial score (nSPS) is 10.3. The van der Waals surface area contributed by atoms with Crippen molar-refractivity contribution in [3.8, 4) is 11.5 Å². The molecule has 66 valence electrons. The SMILES string of the molecule is Cc1nc(-c2ncncc2C)no1. The molecule has 0 atom stereocenters. The Hall–Kier alpha value is -1.78. The summed E-state index contributed by atoms with van der Waals surface area (Å²) >= 11 is 0. The van der Waals surface area contributed by atoms with E-state index >= 15 is 0 Å². The van der Waals surface area contributed by atoms with Gasteiger partial charge in [-0.25, -0.2) is 9.97 Å². The van der Waals surface area contributed by atoms with Crippen molar-refractivity contribution >= 4 is 0 Å². The van der Waals surface area contributed by atoms with Crippen LogP contribution in [0, 0.1) is 13.8 Å². The lowest BCUT2D eigenvalue weighted by molar-refractivity contribution is 0.394. The second kappa shape index (κ2) is 2.93. The van der Waals surface area contributed by atoms with Gasteiger partial charge in [0, 0.05) is 13.1 Å². The Kier molecular flexibility index (Phi) is 1.77. The molecule has 2 rings (SSSR count).